The van der Waals surface area contributed by atoms with E-state index in [1.165, 1.54) is 37.4 Å². The van der Waals surface area contributed by atoms with Crippen molar-refractivity contribution < 1.29 is 25.2 Å². The van der Waals surface area contributed by atoms with Crippen LogP contribution in [0.1, 0.15) is 36.7 Å². The molecule has 0 unspecified atom stereocenters. The van der Waals surface area contributed by atoms with Crippen molar-refractivity contribution in [3.05, 3.63) is 223 Å². The van der Waals surface area contributed by atoms with Gasteiger partial charge in [0.15, 0.2) is 0 Å². The summed E-state index contributed by atoms with van der Waals surface area (Å²) in [6, 6.07) is 71.1. The maximum absolute atomic E-state index is 10.9. The second-order valence-electron chi connectivity index (χ2n) is 13.2. The number of Topliss-reactive ketones (excluding diaryl/α,β-unsaturated/α-hetero) is 1. The Bertz CT molecular complexity index is 1910. The molecule has 0 N–H and O–H groups in total. The van der Waals surface area contributed by atoms with Gasteiger partial charge in [-0.25, -0.2) is 0 Å². The summed E-state index contributed by atoms with van der Waals surface area (Å²) in [6.07, 6.45) is 0. The molecule has 0 fully saturated rings. The molecule has 0 aliphatic carbocycles. The standard InChI is InChI=1S/C30H24P2.C12H15O.C6H4Cl.Pd/c1-5-15-25(16-6-1)31(26-17-7-2-8-18-26)29-23-13-14-24-30(29)32(27-19-9-3-10-20-27)28-21-11-4-12-22-28;1-9(13)10-5-7-11(8-6-10)12(2,3)4;7-6-4-2-1-3-5-6;/h1-24H;5-8H,1H2,2-4H3;1-2,4-5H;/q;2*-1;+2/p+2. The molecule has 0 saturated heterocycles. The van der Waals surface area contributed by atoms with Gasteiger partial charge >= 0.3 is 20.4 Å². The quantitative estimate of drug-likeness (QED) is 0.0677. The van der Waals surface area contributed by atoms with E-state index in [2.05, 4.69) is 179 Å². The van der Waals surface area contributed by atoms with Crippen LogP contribution in [0.25, 0.3) is 0 Å². The fraction of sp³-hybridized carbons (Fsp3) is 0.0833. The molecule has 0 aromatic heterocycles. The minimum Gasteiger partial charge on any atom is -0.332 e. The monoisotopic (exact) mass is 840 g/mol. The molecule has 7 rings (SSSR count). The molecule has 0 heterocycles. The van der Waals surface area contributed by atoms with Crippen molar-refractivity contribution in [3.63, 3.8) is 0 Å². The van der Waals surface area contributed by atoms with Gasteiger partial charge in [0.05, 0.1) is 0 Å². The van der Waals surface area contributed by atoms with Crippen molar-refractivity contribution >= 4 is 65.1 Å². The molecule has 7 aromatic carbocycles. The predicted octanol–water partition coefficient (Wildman–Crippen LogP) is 9.81. The molecule has 0 bridgehead atoms. The number of ketones is 1. The van der Waals surface area contributed by atoms with Crippen molar-refractivity contribution in [1.82, 2.24) is 0 Å². The normalized spacial score (nSPS) is 10.6. The van der Waals surface area contributed by atoms with Gasteiger partial charge in [-0.05, 0) is 71.6 Å². The van der Waals surface area contributed by atoms with Gasteiger partial charge in [0.1, 0.15) is 47.7 Å². The number of halogens is 1. The van der Waals surface area contributed by atoms with Crippen LogP contribution >= 0.6 is 27.4 Å². The molecular formula is C48H45ClOP2Pd+2. The summed E-state index contributed by atoms with van der Waals surface area (Å²) in [5.41, 5.74) is 2.05. The summed E-state index contributed by atoms with van der Waals surface area (Å²) in [5, 5.41) is 9.45. The minimum absolute atomic E-state index is 0. The van der Waals surface area contributed by atoms with E-state index in [0.29, 0.717) is 5.56 Å². The van der Waals surface area contributed by atoms with Crippen LogP contribution in [0.5, 0.6) is 0 Å². The largest absolute Gasteiger partial charge is 2.00 e. The zero-order chi connectivity index (χ0) is 36.8. The molecular weight excluding hydrogens is 796 g/mol. The van der Waals surface area contributed by atoms with Crippen molar-refractivity contribution in [1.29, 1.82) is 0 Å². The Morgan fingerprint density at radius 3 is 1.15 bits per heavy atom. The van der Waals surface area contributed by atoms with E-state index < -0.39 is 15.8 Å². The van der Waals surface area contributed by atoms with Crippen LogP contribution < -0.4 is 31.8 Å². The minimum atomic E-state index is -1.14. The van der Waals surface area contributed by atoms with Crippen LogP contribution in [0.3, 0.4) is 0 Å². The van der Waals surface area contributed by atoms with Gasteiger partial charge in [0.25, 0.3) is 0 Å². The molecule has 0 aliphatic heterocycles. The van der Waals surface area contributed by atoms with E-state index in [-0.39, 0.29) is 31.6 Å². The van der Waals surface area contributed by atoms with Crippen molar-refractivity contribution in [2.45, 2.75) is 26.2 Å². The third kappa shape index (κ3) is 12.2. The van der Waals surface area contributed by atoms with Gasteiger partial charge in [-0.3, -0.25) is 0 Å². The first-order valence-electron chi connectivity index (χ1n) is 17.4. The molecule has 0 spiro atoms. The van der Waals surface area contributed by atoms with Crippen LogP contribution in [0.4, 0.5) is 0 Å². The Balaban J connectivity index is 0.000000245. The number of hydrogen-bond acceptors (Lipinski definition) is 1. The summed E-state index contributed by atoms with van der Waals surface area (Å²) >= 11 is 5.51. The average Bonchev–Trinajstić information content (AvgIpc) is 3.18. The zero-order valence-electron chi connectivity index (χ0n) is 30.3. The van der Waals surface area contributed by atoms with Crippen molar-refractivity contribution in [3.8, 4) is 0 Å². The first-order valence-corrected chi connectivity index (χ1v) is 20.7. The van der Waals surface area contributed by atoms with Gasteiger partial charge in [-0.15, -0.1) is 17.7 Å². The first kappa shape index (κ1) is 41.6. The number of carbonyl (C=O) groups is 1. The number of rotatable bonds is 7. The molecule has 5 heteroatoms. The molecule has 1 nitrogen and oxygen atoms in total. The molecule has 0 amide bonds. The summed E-state index contributed by atoms with van der Waals surface area (Å²) < 4.78 is 0. The van der Waals surface area contributed by atoms with E-state index in [1.54, 1.807) is 6.07 Å². The molecule has 0 saturated carbocycles. The van der Waals surface area contributed by atoms with Crippen molar-refractivity contribution in [2.75, 3.05) is 0 Å². The summed E-state index contributed by atoms with van der Waals surface area (Å²) in [7, 11) is -2.28. The fourth-order valence-corrected chi connectivity index (χ4v) is 12.0. The SMILES string of the molecule is Clc1c[c-]ccc1.[CH2-]C(=O)c1ccc(C(C)(C)C)cc1.[Pd+2].c1ccc([PH+](c2ccccc2)c2ccccc2[PH+](c2ccccc2)c2ccccc2)cc1. The molecule has 0 aliphatic rings. The van der Waals surface area contributed by atoms with Gasteiger partial charge < -0.3 is 4.79 Å². The fourth-order valence-electron chi connectivity index (χ4n) is 5.82. The van der Waals surface area contributed by atoms with Gasteiger partial charge in [-0.2, -0.15) is 48.9 Å². The molecule has 0 radical (unpaired) electrons. The first-order chi connectivity index (χ1) is 25.2. The van der Waals surface area contributed by atoms with Crippen molar-refractivity contribution in [2.24, 2.45) is 0 Å². The Kier molecular flexibility index (Phi) is 16.5. The third-order valence-electron chi connectivity index (χ3n) is 8.46. The molecule has 0 atom stereocenters. The number of benzene rings is 7. The Hall–Kier alpha value is -4.11. The summed E-state index contributed by atoms with van der Waals surface area (Å²) in [4.78, 5) is 10.9. The zero-order valence-corrected chi connectivity index (χ0v) is 34.6. The van der Waals surface area contributed by atoms with E-state index >= 15 is 0 Å². The Labute approximate surface area is 337 Å². The van der Waals surface area contributed by atoms with Crippen LogP contribution in [0, 0.1) is 13.0 Å². The smallest absolute Gasteiger partial charge is 0.332 e. The third-order valence-corrected chi connectivity index (χ3v) is 14.5. The van der Waals surface area contributed by atoms with E-state index in [9.17, 15) is 4.79 Å². The van der Waals surface area contributed by atoms with E-state index in [4.69, 9.17) is 11.6 Å². The van der Waals surface area contributed by atoms with Crippen LogP contribution in [-0.4, -0.2) is 5.78 Å². The van der Waals surface area contributed by atoms with E-state index in [0.717, 1.165) is 5.02 Å². The molecule has 7 aromatic rings. The molecule has 53 heavy (non-hydrogen) atoms. The van der Waals surface area contributed by atoms with Gasteiger partial charge in [-0.1, -0.05) is 123 Å². The second kappa shape index (κ2) is 21.0. The van der Waals surface area contributed by atoms with Crippen LogP contribution in [-0.2, 0) is 25.8 Å². The van der Waals surface area contributed by atoms with Gasteiger partial charge in [0.2, 0.25) is 0 Å². The van der Waals surface area contributed by atoms with Gasteiger partial charge in [0, 0.05) is 5.78 Å². The topological polar surface area (TPSA) is 17.1 Å². The maximum Gasteiger partial charge on any atom is 2.00 e. The van der Waals surface area contributed by atoms with E-state index in [1.807, 2.05) is 42.5 Å². The maximum atomic E-state index is 10.9. The van der Waals surface area contributed by atoms with Crippen LogP contribution in [0.15, 0.2) is 194 Å². The summed E-state index contributed by atoms with van der Waals surface area (Å²) in [5.74, 6) is -0.125. The second-order valence-corrected chi connectivity index (χ2v) is 18.6. The summed E-state index contributed by atoms with van der Waals surface area (Å²) in [6.45, 7) is 9.80. The predicted molar refractivity (Wildman–Crippen MR) is 232 cm³/mol. The Morgan fingerprint density at radius 2 is 0.887 bits per heavy atom. The molecule has 268 valence electrons. The average molecular weight is 842 g/mol. The van der Waals surface area contributed by atoms with Crippen LogP contribution in [0.2, 0.25) is 5.02 Å². The number of hydrogen-bond donors (Lipinski definition) is 0. The Morgan fingerprint density at radius 1 is 0.528 bits per heavy atom. The number of carbonyl (C=O) groups excluding carboxylic acids is 1.